The van der Waals surface area contributed by atoms with Gasteiger partial charge < -0.3 is 19.5 Å². The Bertz CT molecular complexity index is 776. The monoisotopic (exact) mass is 389 g/mol. The van der Waals surface area contributed by atoms with Crippen molar-refractivity contribution in [1.29, 1.82) is 0 Å². The third-order valence-corrected chi connectivity index (χ3v) is 4.28. The molecule has 0 aliphatic heterocycles. The predicted octanol–water partition coefficient (Wildman–Crippen LogP) is 3.55. The molecular weight excluding hydrogens is 361 g/mol. The van der Waals surface area contributed by atoms with Crippen molar-refractivity contribution in [3.05, 3.63) is 59.7 Å². The Kier molecular flexibility index (Phi) is 8.52. The van der Waals surface area contributed by atoms with E-state index in [1.165, 1.54) is 12.1 Å². The Balaban J connectivity index is 2.04. The molecule has 28 heavy (non-hydrogen) atoms. The quantitative estimate of drug-likeness (QED) is 0.632. The average molecular weight is 389 g/mol. The SMILES string of the molecule is CCCCN(Cc1cccn1Cc1cccc(F)c1)C(=O)NCC(=O)OCC. The number of rotatable bonds is 10. The van der Waals surface area contributed by atoms with Crippen molar-refractivity contribution in [3.63, 3.8) is 0 Å². The van der Waals surface area contributed by atoms with Gasteiger partial charge in [0.2, 0.25) is 0 Å². The number of carbonyl (C=O) groups excluding carboxylic acids is 2. The fourth-order valence-electron chi connectivity index (χ4n) is 2.85. The van der Waals surface area contributed by atoms with Crippen LogP contribution < -0.4 is 5.32 Å². The standard InChI is InChI=1S/C21H28FN3O3/c1-3-5-11-25(21(27)23-14-20(26)28-4-2)16-19-10-7-12-24(19)15-17-8-6-9-18(22)13-17/h6-10,12-13H,3-5,11,14-16H2,1-2H3,(H,23,27). The van der Waals surface area contributed by atoms with Crippen molar-refractivity contribution >= 4 is 12.0 Å². The molecule has 0 atom stereocenters. The van der Waals surface area contributed by atoms with E-state index >= 15 is 0 Å². The maximum Gasteiger partial charge on any atom is 0.325 e. The van der Waals surface area contributed by atoms with Crippen LogP contribution in [0.25, 0.3) is 0 Å². The first kappa shape index (κ1) is 21.5. The summed E-state index contributed by atoms with van der Waals surface area (Å²) >= 11 is 0. The van der Waals surface area contributed by atoms with Crippen molar-refractivity contribution < 1.29 is 18.7 Å². The van der Waals surface area contributed by atoms with Gasteiger partial charge in [0.15, 0.2) is 0 Å². The summed E-state index contributed by atoms with van der Waals surface area (Å²) < 4.78 is 20.3. The van der Waals surface area contributed by atoms with Gasteiger partial charge in [-0.15, -0.1) is 0 Å². The number of urea groups is 1. The molecule has 1 heterocycles. The van der Waals surface area contributed by atoms with Gasteiger partial charge in [-0.1, -0.05) is 25.5 Å². The van der Waals surface area contributed by atoms with Crippen LogP contribution >= 0.6 is 0 Å². The largest absolute Gasteiger partial charge is 0.465 e. The van der Waals surface area contributed by atoms with E-state index in [0.29, 0.717) is 19.6 Å². The van der Waals surface area contributed by atoms with Crippen LogP contribution in [0.5, 0.6) is 0 Å². The normalized spacial score (nSPS) is 10.5. The average Bonchev–Trinajstić information content (AvgIpc) is 3.10. The van der Waals surface area contributed by atoms with Crippen LogP contribution in [0, 0.1) is 5.82 Å². The molecule has 0 saturated heterocycles. The van der Waals surface area contributed by atoms with Crippen molar-refractivity contribution in [3.8, 4) is 0 Å². The van der Waals surface area contributed by atoms with Crippen molar-refractivity contribution in [2.75, 3.05) is 19.7 Å². The Morgan fingerprint density at radius 1 is 1.21 bits per heavy atom. The molecule has 6 nitrogen and oxygen atoms in total. The van der Waals surface area contributed by atoms with Gasteiger partial charge in [0.1, 0.15) is 12.4 Å². The number of unbranched alkanes of at least 4 members (excludes halogenated alkanes) is 1. The van der Waals surface area contributed by atoms with Crippen LogP contribution in [0.4, 0.5) is 9.18 Å². The van der Waals surface area contributed by atoms with Gasteiger partial charge in [-0.3, -0.25) is 4.79 Å². The summed E-state index contributed by atoms with van der Waals surface area (Å²) in [5, 5.41) is 2.62. The molecule has 1 N–H and O–H groups in total. The van der Waals surface area contributed by atoms with E-state index in [1.807, 2.05) is 29.0 Å². The van der Waals surface area contributed by atoms with Crippen LogP contribution in [0.15, 0.2) is 42.6 Å². The number of aromatic nitrogens is 1. The minimum Gasteiger partial charge on any atom is -0.465 e. The van der Waals surface area contributed by atoms with Crippen LogP contribution in [0.1, 0.15) is 37.9 Å². The highest BCUT2D eigenvalue weighted by Crippen LogP contribution is 2.12. The van der Waals surface area contributed by atoms with Gasteiger partial charge in [0.25, 0.3) is 0 Å². The molecule has 2 amide bonds. The number of halogens is 1. The number of nitrogens with zero attached hydrogens (tertiary/aromatic N) is 2. The first-order chi connectivity index (χ1) is 13.5. The highest BCUT2D eigenvalue weighted by Gasteiger charge is 2.16. The highest BCUT2D eigenvalue weighted by atomic mass is 19.1. The zero-order valence-corrected chi connectivity index (χ0v) is 16.5. The number of amides is 2. The zero-order chi connectivity index (χ0) is 20.4. The zero-order valence-electron chi connectivity index (χ0n) is 16.5. The molecule has 0 unspecified atom stereocenters. The van der Waals surface area contributed by atoms with Gasteiger partial charge in [-0.2, -0.15) is 0 Å². The molecule has 0 saturated carbocycles. The van der Waals surface area contributed by atoms with E-state index in [2.05, 4.69) is 12.2 Å². The van der Waals surface area contributed by atoms with Crippen LogP contribution in [-0.2, 0) is 22.6 Å². The second-order valence-electron chi connectivity index (χ2n) is 6.50. The van der Waals surface area contributed by atoms with E-state index < -0.39 is 5.97 Å². The summed E-state index contributed by atoms with van der Waals surface area (Å²) in [5.41, 5.74) is 1.79. The smallest absolute Gasteiger partial charge is 0.325 e. The summed E-state index contributed by atoms with van der Waals surface area (Å²) in [6, 6.07) is 10.0. The number of benzene rings is 1. The first-order valence-electron chi connectivity index (χ1n) is 9.60. The van der Waals surface area contributed by atoms with Gasteiger partial charge in [-0.05, 0) is 43.2 Å². The van der Waals surface area contributed by atoms with E-state index in [4.69, 9.17) is 4.74 Å². The Hall–Kier alpha value is -2.83. The number of esters is 1. The molecule has 0 aliphatic carbocycles. The lowest BCUT2D eigenvalue weighted by atomic mass is 10.2. The van der Waals surface area contributed by atoms with Crippen molar-refractivity contribution in [2.24, 2.45) is 0 Å². The minimum atomic E-state index is -0.458. The van der Waals surface area contributed by atoms with Crippen LogP contribution in [0.2, 0.25) is 0 Å². The first-order valence-corrected chi connectivity index (χ1v) is 9.60. The summed E-state index contributed by atoms with van der Waals surface area (Å²) in [6.45, 7) is 5.41. The molecule has 1 aromatic carbocycles. The van der Waals surface area contributed by atoms with Gasteiger partial charge in [0.05, 0.1) is 13.2 Å². The summed E-state index contributed by atoms with van der Waals surface area (Å²) in [6.07, 6.45) is 3.72. The topological polar surface area (TPSA) is 63.6 Å². The molecule has 0 aliphatic rings. The maximum atomic E-state index is 13.4. The molecule has 1 aromatic heterocycles. The fraction of sp³-hybridized carbons (Fsp3) is 0.429. The van der Waals surface area contributed by atoms with E-state index in [9.17, 15) is 14.0 Å². The summed E-state index contributed by atoms with van der Waals surface area (Å²) in [5.74, 6) is -0.727. The lowest BCUT2D eigenvalue weighted by Crippen LogP contribution is -2.42. The second kappa shape index (κ2) is 11.1. The number of hydrogen-bond acceptors (Lipinski definition) is 3. The van der Waals surface area contributed by atoms with Crippen LogP contribution in [-0.4, -0.2) is 41.2 Å². The molecule has 0 spiro atoms. The van der Waals surface area contributed by atoms with E-state index in [1.54, 1.807) is 17.9 Å². The Morgan fingerprint density at radius 3 is 2.75 bits per heavy atom. The van der Waals surface area contributed by atoms with Crippen molar-refractivity contribution in [2.45, 2.75) is 39.8 Å². The van der Waals surface area contributed by atoms with E-state index in [0.717, 1.165) is 24.1 Å². The molecule has 0 fully saturated rings. The van der Waals surface area contributed by atoms with Gasteiger partial charge >= 0.3 is 12.0 Å². The maximum absolute atomic E-state index is 13.4. The number of hydrogen-bond donors (Lipinski definition) is 1. The predicted molar refractivity (Wildman–Crippen MR) is 105 cm³/mol. The third kappa shape index (κ3) is 6.72. The molecule has 0 bridgehead atoms. The molecular formula is C21H28FN3O3. The summed E-state index contributed by atoms with van der Waals surface area (Å²) in [4.78, 5) is 25.7. The minimum absolute atomic E-state index is 0.153. The van der Waals surface area contributed by atoms with Gasteiger partial charge in [0, 0.05) is 25.0 Å². The molecule has 0 radical (unpaired) electrons. The lowest BCUT2D eigenvalue weighted by Gasteiger charge is -2.24. The number of carbonyl (C=O) groups is 2. The Labute approximate surface area is 165 Å². The van der Waals surface area contributed by atoms with E-state index in [-0.39, 0.29) is 25.0 Å². The second-order valence-corrected chi connectivity index (χ2v) is 6.50. The third-order valence-electron chi connectivity index (χ3n) is 4.28. The lowest BCUT2D eigenvalue weighted by molar-refractivity contribution is -0.141. The van der Waals surface area contributed by atoms with Gasteiger partial charge in [-0.25, -0.2) is 9.18 Å². The molecule has 152 valence electrons. The molecule has 2 rings (SSSR count). The fourth-order valence-corrected chi connectivity index (χ4v) is 2.85. The molecule has 7 heteroatoms. The van der Waals surface area contributed by atoms with Crippen LogP contribution in [0.3, 0.4) is 0 Å². The molecule has 2 aromatic rings. The number of nitrogens with one attached hydrogen (secondary N) is 1. The summed E-state index contributed by atoms with van der Waals surface area (Å²) in [7, 11) is 0. The number of ether oxygens (including phenoxy) is 1. The Morgan fingerprint density at radius 2 is 2.04 bits per heavy atom. The highest BCUT2D eigenvalue weighted by molar-refractivity contribution is 5.80. The van der Waals surface area contributed by atoms with Crippen molar-refractivity contribution in [1.82, 2.24) is 14.8 Å².